The molecule has 2 aromatic heterocycles. The largest absolute Gasteiger partial charge is 0.434 e. The van der Waals surface area contributed by atoms with Gasteiger partial charge in [0, 0.05) is 25.8 Å². The van der Waals surface area contributed by atoms with Gasteiger partial charge in [-0.25, -0.2) is 9.97 Å². The number of aliphatic hydroxyl groups is 1. The van der Waals surface area contributed by atoms with Crippen molar-refractivity contribution in [1.29, 1.82) is 0 Å². The van der Waals surface area contributed by atoms with Gasteiger partial charge >= 0.3 is 6.18 Å². The third-order valence-electron chi connectivity index (χ3n) is 6.11. The fourth-order valence-electron chi connectivity index (χ4n) is 4.53. The number of anilines is 3. The lowest BCUT2D eigenvalue weighted by atomic mass is 9.80. The van der Waals surface area contributed by atoms with E-state index < -0.39 is 18.1 Å². The monoisotopic (exact) mass is 439 g/mol. The molecule has 1 saturated carbocycles. The molecular formula is C20H28F3N7O. The van der Waals surface area contributed by atoms with Gasteiger partial charge < -0.3 is 25.2 Å². The van der Waals surface area contributed by atoms with Crippen LogP contribution in [0.15, 0.2) is 12.5 Å². The summed E-state index contributed by atoms with van der Waals surface area (Å²) in [5.41, 5.74) is 0.612. The minimum absolute atomic E-state index is 0.112. The third kappa shape index (κ3) is 4.28. The van der Waals surface area contributed by atoms with Crippen molar-refractivity contribution in [2.45, 2.75) is 64.6 Å². The molecule has 3 heterocycles. The summed E-state index contributed by atoms with van der Waals surface area (Å²) in [7, 11) is 1.92. The molecule has 0 amide bonds. The zero-order valence-corrected chi connectivity index (χ0v) is 18.0. The highest BCUT2D eigenvalue weighted by molar-refractivity contribution is 5.72. The average molecular weight is 439 g/mol. The van der Waals surface area contributed by atoms with Gasteiger partial charge in [0.1, 0.15) is 11.9 Å². The molecule has 2 atom stereocenters. The van der Waals surface area contributed by atoms with Gasteiger partial charge in [-0.2, -0.15) is 18.2 Å². The molecule has 2 aliphatic rings. The van der Waals surface area contributed by atoms with Crippen LogP contribution >= 0.6 is 0 Å². The molecule has 31 heavy (non-hydrogen) atoms. The van der Waals surface area contributed by atoms with Crippen molar-refractivity contribution in [1.82, 2.24) is 19.5 Å². The number of likely N-dealkylation sites (N-methyl/N-ethyl adjacent to an activating group) is 1. The van der Waals surface area contributed by atoms with Crippen LogP contribution in [0.3, 0.4) is 0 Å². The number of nitrogens with one attached hydrogen (secondary N) is 2. The molecule has 0 saturated heterocycles. The molecule has 11 heteroatoms. The van der Waals surface area contributed by atoms with E-state index in [1.54, 1.807) is 0 Å². The Kier molecular flexibility index (Phi) is 5.48. The summed E-state index contributed by atoms with van der Waals surface area (Å²) in [5.74, 6) is 1.76. The Balaban J connectivity index is 1.38. The molecule has 1 aliphatic heterocycles. The molecular weight excluding hydrogens is 411 g/mol. The zero-order valence-electron chi connectivity index (χ0n) is 18.0. The first-order chi connectivity index (χ1) is 14.5. The maximum atomic E-state index is 12.7. The molecule has 4 rings (SSSR count). The van der Waals surface area contributed by atoms with Crippen LogP contribution in [-0.4, -0.2) is 50.0 Å². The summed E-state index contributed by atoms with van der Waals surface area (Å²) >= 11 is 0. The summed E-state index contributed by atoms with van der Waals surface area (Å²) in [6.45, 7) is 6.48. The molecule has 1 fully saturated rings. The highest BCUT2D eigenvalue weighted by Gasteiger charge is 2.37. The first-order valence-corrected chi connectivity index (χ1v) is 10.4. The Bertz CT molecular complexity index is 939. The van der Waals surface area contributed by atoms with Crippen molar-refractivity contribution in [3.8, 4) is 0 Å². The van der Waals surface area contributed by atoms with E-state index in [1.165, 1.54) is 10.9 Å². The number of alkyl halides is 3. The Morgan fingerprint density at radius 1 is 1.29 bits per heavy atom. The molecule has 0 bridgehead atoms. The summed E-state index contributed by atoms with van der Waals surface area (Å²) in [6, 6.07) is 0.0564. The SMILES string of the molecule is Cc1nc(N[C@H]2C[C@@H](Cn3cnc(C(F)(F)F)c3)C2)nc2c1NC(O)[C@H](C(C)C)N2C. The maximum Gasteiger partial charge on any atom is 0.434 e. The molecule has 1 aliphatic carbocycles. The first kappa shape index (κ1) is 21.7. The van der Waals surface area contributed by atoms with E-state index in [1.807, 2.05) is 18.9 Å². The smallest absolute Gasteiger partial charge is 0.372 e. The van der Waals surface area contributed by atoms with E-state index in [-0.39, 0.29) is 23.9 Å². The van der Waals surface area contributed by atoms with Gasteiger partial charge in [-0.15, -0.1) is 0 Å². The maximum absolute atomic E-state index is 12.7. The van der Waals surface area contributed by atoms with E-state index in [4.69, 9.17) is 0 Å². The Morgan fingerprint density at radius 3 is 2.61 bits per heavy atom. The standard InChI is InChI=1S/C20H28F3N7O/c1-10(2)16-18(31)27-15-11(3)25-19(28-17(15)29(16)4)26-13-5-12(6-13)7-30-8-14(24-9-30)20(21,22)23/h8-10,12-13,16,18,27,31H,5-7H2,1-4H3,(H,25,26,28)/t12-,13+,16-,18?/m0/s1. The van der Waals surface area contributed by atoms with Crippen molar-refractivity contribution in [2.75, 3.05) is 22.6 Å². The number of halogens is 3. The lowest BCUT2D eigenvalue weighted by molar-refractivity contribution is -0.141. The highest BCUT2D eigenvalue weighted by Crippen LogP contribution is 2.37. The number of nitrogens with zero attached hydrogens (tertiary/aromatic N) is 5. The minimum atomic E-state index is -4.41. The Hall–Kier alpha value is -2.56. The fourth-order valence-corrected chi connectivity index (χ4v) is 4.53. The van der Waals surface area contributed by atoms with Crippen molar-refractivity contribution in [2.24, 2.45) is 11.8 Å². The van der Waals surface area contributed by atoms with Crippen LogP contribution in [0.4, 0.5) is 30.6 Å². The van der Waals surface area contributed by atoms with Gasteiger partial charge in [0.2, 0.25) is 5.95 Å². The van der Waals surface area contributed by atoms with E-state index in [9.17, 15) is 18.3 Å². The van der Waals surface area contributed by atoms with Gasteiger partial charge in [-0.1, -0.05) is 13.8 Å². The quantitative estimate of drug-likeness (QED) is 0.660. The lowest BCUT2D eigenvalue weighted by Gasteiger charge is -2.42. The second-order valence-electron chi connectivity index (χ2n) is 8.90. The second-order valence-corrected chi connectivity index (χ2v) is 8.90. The van der Waals surface area contributed by atoms with E-state index in [2.05, 4.69) is 39.4 Å². The van der Waals surface area contributed by atoms with Gasteiger partial charge in [0.15, 0.2) is 11.5 Å². The van der Waals surface area contributed by atoms with Crippen LogP contribution in [0.25, 0.3) is 0 Å². The summed E-state index contributed by atoms with van der Waals surface area (Å²) in [4.78, 5) is 14.6. The van der Waals surface area contributed by atoms with Crippen LogP contribution in [0.2, 0.25) is 0 Å². The number of imidazole rings is 1. The van der Waals surface area contributed by atoms with Gasteiger partial charge in [-0.05, 0) is 31.6 Å². The normalized spacial score (nSPS) is 25.8. The molecule has 3 N–H and O–H groups in total. The van der Waals surface area contributed by atoms with Crippen molar-refractivity contribution in [3.63, 3.8) is 0 Å². The Morgan fingerprint density at radius 2 is 2.00 bits per heavy atom. The molecule has 170 valence electrons. The molecule has 1 unspecified atom stereocenters. The molecule has 2 aromatic rings. The number of aliphatic hydroxyl groups excluding tert-OH is 1. The number of aromatic nitrogens is 4. The summed E-state index contributed by atoms with van der Waals surface area (Å²) < 4.78 is 39.6. The van der Waals surface area contributed by atoms with Gasteiger partial charge in [0.05, 0.1) is 18.1 Å². The van der Waals surface area contributed by atoms with Crippen molar-refractivity contribution >= 4 is 17.5 Å². The van der Waals surface area contributed by atoms with Crippen molar-refractivity contribution in [3.05, 3.63) is 23.9 Å². The number of hydrogen-bond acceptors (Lipinski definition) is 7. The Labute approximate surface area is 178 Å². The van der Waals surface area contributed by atoms with Crippen LogP contribution in [0.5, 0.6) is 0 Å². The van der Waals surface area contributed by atoms with Crippen LogP contribution < -0.4 is 15.5 Å². The molecule has 0 radical (unpaired) electrons. The predicted octanol–water partition coefficient (Wildman–Crippen LogP) is 3.10. The molecule has 0 spiro atoms. The average Bonchev–Trinajstić information content (AvgIpc) is 3.10. The molecule has 8 nitrogen and oxygen atoms in total. The zero-order chi connectivity index (χ0) is 22.5. The van der Waals surface area contributed by atoms with E-state index in [0.29, 0.717) is 12.5 Å². The third-order valence-corrected chi connectivity index (χ3v) is 6.11. The van der Waals surface area contributed by atoms with Crippen LogP contribution in [0, 0.1) is 18.8 Å². The predicted molar refractivity (Wildman–Crippen MR) is 111 cm³/mol. The van der Waals surface area contributed by atoms with Crippen molar-refractivity contribution < 1.29 is 18.3 Å². The van der Waals surface area contributed by atoms with Crippen LogP contribution in [-0.2, 0) is 12.7 Å². The number of rotatable bonds is 5. The fraction of sp³-hybridized carbons (Fsp3) is 0.650. The van der Waals surface area contributed by atoms with Crippen LogP contribution in [0.1, 0.15) is 38.1 Å². The lowest BCUT2D eigenvalue weighted by Crippen LogP contribution is -2.52. The van der Waals surface area contributed by atoms with Gasteiger partial charge in [-0.3, -0.25) is 0 Å². The number of fused-ring (bicyclic) bond motifs is 1. The van der Waals surface area contributed by atoms with Gasteiger partial charge in [0.25, 0.3) is 0 Å². The topological polar surface area (TPSA) is 91.1 Å². The summed E-state index contributed by atoms with van der Waals surface area (Å²) in [5, 5.41) is 16.9. The van der Waals surface area contributed by atoms with E-state index in [0.717, 1.165) is 36.2 Å². The van der Waals surface area contributed by atoms with E-state index >= 15 is 0 Å². The highest BCUT2D eigenvalue weighted by atomic mass is 19.4. The first-order valence-electron chi connectivity index (χ1n) is 10.4. The second kappa shape index (κ2) is 7.85. The number of aryl methyl sites for hydroxylation is 1. The minimum Gasteiger partial charge on any atom is -0.372 e. The molecule has 0 aromatic carbocycles. The summed E-state index contributed by atoms with van der Waals surface area (Å²) in [6.07, 6.45) is -1.18. The number of hydrogen-bond donors (Lipinski definition) is 3.